The molecule has 0 radical (unpaired) electrons. The molecule has 0 aliphatic carbocycles. The van der Waals surface area contributed by atoms with Gasteiger partial charge in [-0.25, -0.2) is 4.98 Å². The van der Waals surface area contributed by atoms with Crippen molar-refractivity contribution in [1.82, 2.24) is 15.2 Å². The van der Waals surface area contributed by atoms with E-state index < -0.39 is 12.8 Å². The Morgan fingerprint density at radius 3 is 2.64 bits per heavy atom. The molecule has 0 aromatic carbocycles. The monoisotopic (exact) mass is 209 g/mol. The van der Waals surface area contributed by atoms with Gasteiger partial charge in [-0.05, 0) is 6.92 Å². The minimum atomic E-state index is -4.27. The smallest absolute Gasteiger partial charge is 0.372 e. The number of hydrogen-bond acceptors (Lipinski definition) is 3. The summed E-state index contributed by atoms with van der Waals surface area (Å²) >= 11 is 0. The number of alkyl halides is 3. The summed E-state index contributed by atoms with van der Waals surface area (Å²) < 4.78 is 39.3. The Hall–Kier alpha value is -1.11. The number of rotatable bonds is 4. The quantitative estimate of drug-likeness (QED) is 0.759. The van der Waals surface area contributed by atoms with E-state index in [-0.39, 0.29) is 13.0 Å². The molecule has 0 saturated carbocycles. The maximum Gasteiger partial charge on any atom is 0.411 e. The van der Waals surface area contributed by atoms with Crippen molar-refractivity contribution < 1.29 is 17.9 Å². The van der Waals surface area contributed by atoms with Gasteiger partial charge in [0.25, 0.3) is 0 Å². The van der Waals surface area contributed by atoms with E-state index >= 15 is 0 Å². The minimum Gasteiger partial charge on any atom is -0.372 e. The number of halogens is 3. The zero-order valence-electron chi connectivity index (χ0n) is 7.56. The molecule has 1 rings (SSSR count). The molecule has 0 aliphatic rings. The van der Waals surface area contributed by atoms with E-state index in [1.165, 1.54) is 0 Å². The van der Waals surface area contributed by atoms with Crippen molar-refractivity contribution in [1.29, 1.82) is 0 Å². The lowest BCUT2D eigenvalue weighted by atomic mass is 10.4. The second kappa shape index (κ2) is 4.41. The molecule has 0 fully saturated rings. The van der Waals surface area contributed by atoms with Gasteiger partial charge >= 0.3 is 6.18 Å². The van der Waals surface area contributed by atoms with Crippen LogP contribution in [0.2, 0.25) is 0 Å². The lowest BCUT2D eigenvalue weighted by molar-refractivity contribution is -0.173. The molecule has 0 bridgehead atoms. The summed E-state index contributed by atoms with van der Waals surface area (Å²) in [7, 11) is 0. The number of ether oxygens (including phenoxy) is 1. The van der Waals surface area contributed by atoms with Crippen LogP contribution in [0.4, 0.5) is 13.2 Å². The molecular weight excluding hydrogens is 199 g/mol. The fourth-order valence-corrected chi connectivity index (χ4v) is 0.852. The number of hydrogen-bond donors (Lipinski definition) is 1. The Kier molecular flexibility index (Phi) is 3.45. The molecule has 4 nitrogen and oxygen atoms in total. The summed E-state index contributed by atoms with van der Waals surface area (Å²) in [6.07, 6.45) is -3.99. The number of aromatic amines is 1. The zero-order valence-corrected chi connectivity index (χ0v) is 7.56. The van der Waals surface area contributed by atoms with Gasteiger partial charge in [0.2, 0.25) is 0 Å². The SMILES string of the molecule is Cc1nc(CCOCC(F)(F)F)n[nH]1. The van der Waals surface area contributed by atoms with Gasteiger partial charge < -0.3 is 4.74 Å². The van der Waals surface area contributed by atoms with E-state index in [2.05, 4.69) is 19.9 Å². The molecule has 80 valence electrons. The average molecular weight is 209 g/mol. The molecule has 0 saturated heterocycles. The Balaban J connectivity index is 2.16. The zero-order chi connectivity index (χ0) is 10.6. The third-order valence-electron chi connectivity index (χ3n) is 1.38. The van der Waals surface area contributed by atoms with E-state index in [0.717, 1.165) is 0 Å². The molecule has 1 aromatic rings. The van der Waals surface area contributed by atoms with Crippen LogP contribution in [0, 0.1) is 6.92 Å². The number of nitrogens with one attached hydrogen (secondary N) is 1. The molecule has 0 spiro atoms. The number of aromatic nitrogens is 3. The molecule has 0 aliphatic heterocycles. The molecule has 0 amide bonds. The normalized spacial score (nSPS) is 12.0. The van der Waals surface area contributed by atoms with E-state index in [9.17, 15) is 13.2 Å². The molecule has 0 atom stereocenters. The molecular formula is C7H10F3N3O. The van der Waals surface area contributed by atoms with Crippen LogP contribution in [0.1, 0.15) is 11.6 Å². The Labute approximate surface area is 78.5 Å². The predicted octanol–water partition coefficient (Wildman–Crippen LogP) is 1.23. The van der Waals surface area contributed by atoms with E-state index in [1.54, 1.807) is 6.92 Å². The molecule has 0 unspecified atom stereocenters. The number of aryl methyl sites for hydroxylation is 1. The maximum atomic E-state index is 11.6. The van der Waals surface area contributed by atoms with Crippen molar-refractivity contribution in [3.63, 3.8) is 0 Å². The fraction of sp³-hybridized carbons (Fsp3) is 0.714. The molecule has 14 heavy (non-hydrogen) atoms. The van der Waals surface area contributed by atoms with Crippen molar-refractivity contribution >= 4 is 0 Å². The fourth-order valence-electron chi connectivity index (χ4n) is 0.852. The van der Waals surface area contributed by atoms with E-state index in [4.69, 9.17) is 0 Å². The number of H-pyrrole nitrogens is 1. The lowest BCUT2D eigenvalue weighted by Gasteiger charge is -2.05. The molecule has 1 aromatic heterocycles. The second-order valence-electron chi connectivity index (χ2n) is 2.75. The van der Waals surface area contributed by atoms with Crippen LogP contribution < -0.4 is 0 Å². The summed E-state index contributed by atoms with van der Waals surface area (Å²) in [4.78, 5) is 3.92. The third kappa shape index (κ3) is 4.22. The highest BCUT2D eigenvalue weighted by Crippen LogP contribution is 2.14. The van der Waals surface area contributed by atoms with Crippen LogP contribution in [0.15, 0.2) is 0 Å². The minimum absolute atomic E-state index is 0.0309. The van der Waals surface area contributed by atoms with Crippen LogP contribution >= 0.6 is 0 Å². The van der Waals surface area contributed by atoms with Crippen molar-refractivity contribution in [2.24, 2.45) is 0 Å². The highest BCUT2D eigenvalue weighted by atomic mass is 19.4. The van der Waals surface area contributed by atoms with Crippen molar-refractivity contribution in [3.8, 4) is 0 Å². The van der Waals surface area contributed by atoms with Crippen LogP contribution in [0.3, 0.4) is 0 Å². The summed E-state index contributed by atoms with van der Waals surface area (Å²) in [6, 6.07) is 0. The molecule has 1 N–H and O–H groups in total. The first kappa shape index (κ1) is 11.0. The molecule has 1 heterocycles. The van der Waals surface area contributed by atoms with E-state index in [0.29, 0.717) is 11.6 Å². The first-order chi connectivity index (χ1) is 6.47. The standard InChI is InChI=1S/C7H10F3N3O/c1-5-11-6(13-12-5)2-3-14-4-7(8,9)10/h2-4H2,1H3,(H,11,12,13). The third-order valence-corrected chi connectivity index (χ3v) is 1.38. The van der Waals surface area contributed by atoms with Gasteiger partial charge in [0.15, 0.2) is 5.82 Å². The average Bonchev–Trinajstić information content (AvgIpc) is 2.44. The first-order valence-corrected chi connectivity index (χ1v) is 4.00. The van der Waals surface area contributed by atoms with Gasteiger partial charge in [0, 0.05) is 6.42 Å². The first-order valence-electron chi connectivity index (χ1n) is 4.00. The Bertz CT molecular complexity index is 284. The summed E-state index contributed by atoms with van der Waals surface area (Å²) in [5, 5.41) is 6.34. The lowest BCUT2D eigenvalue weighted by Crippen LogP contribution is -2.18. The van der Waals surface area contributed by atoms with Gasteiger partial charge in [-0.15, -0.1) is 0 Å². The van der Waals surface area contributed by atoms with Crippen molar-refractivity contribution in [3.05, 3.63) is 11.6 Å². The van der Waals surface area contributed by atoms with Gasteiger partial charge in [-0.1, -0.05) is 0 Å². The Morgan fingerprint density at radius 1 is 1.43 bits per heavy atom. The second-order valence-corrected chi connectivity index (χ2v) is 2.75. The van der Waals surface area contributed by atoms with Crippen LogP contribution in [0.25, 0.3) is 0 Å². The molecule has 7 heteroatoms. The number of nitrogens with zero attached hydrogens (tertiary/aromatic N) is 2. The van der Waals surface area contributed by atoms with Crippen LogP contribution in [-0.4, -0.2) is 34.6 Å². The highest BCUT2D eigenvalue weighted by Gasteiger charge is 2.27. The van der Waals surface area contributed by atoms with E-state index in [1.807, 2.05) is 0 Å². The van der Waals surface area contributed by atoms with Crippen molar-refractivity contribution in [2.75, 3.05) is 13.2 Å². The van der Waals surface area contributed by atoms with Crippen LogP contribution in [0.5, 0.6) is 0 Å². The maximum absolute atomic E-state index is 11.6. The predicted molar refractivity (Wildman–Crippen MR) is 41.7 cm³/mol. The summed E-state index contributed by atoms with van der Waals surface area (Å²) in [6.45, 7) is 0.459. The van der Waals surface area contributed by atoms with Crippen molar-refractivity contribution in [2.45, 2.75) is 19.5 Å². The Morgan fingerprint density at radius 2 is 2.14 bits per heavy atom. The van der Waals surface area contributed by atoms with Gasteiger partial charge in [0.05, 0.1) is 6.61 Å². The topological polar surface area (TPSA) is 50.8 Å². The summed E-state index contributed by atoms with van der Waals surface area (Å²) in [5.41, 5.74) is 0. The largest absolute Gasteiger partial charge is 0.411 e. The van der Waals surface area contributed by atoms with Crippen LogP contribution in [-0.2, 0) is 11.2 Å². The highest BCUT2D eigenvalue weighted by molar-refractivity contribution is 4.87. The van der Waals surface area contributed by atoms with Gasteiger partial charge in [0.1, 0.15) is 12.4 Å². The van der Waals surface area contributed by atoms with Gasteiger partial charge in [-0.2, -0.15) is 18.3 Å². The summed E-state index contributed by atoms with van der Waals surface area (Å²) in [5.74, 6) is 1.10. The van der Waals surface area contributed by atoms with Gasteiger partial charge in [-0.3, -0.25) is 5.10 Å².